The summed E-state index contributed by atoms with van der Waals surface area (Å²) >= 11 is 0. The normalized spacial score (nSPS) is 14.8. The summed E-state index contributed by atoms with van der Waals surface area (Å²) in [5.74, 6) is -0.536. The molecule has 0 aromatic heterocycles. The predicted molar refractivity (Wildman–Crippen MR) is 38.1 cm³/mol. The molecule has 0 saturated heterocycles. The first kappa shape index (κ1) is 9.39. The molecule has 10 heavy (non-hydrogen) atoms. The quantitative estimate of drug-likeness (QED) is 0.475. The molecule has 0 radical (unpaired) electrons. The molecule has 0 aliphatic rings. The lowest BCUT2D eigenvalue weighted by molar-refractivity contribution is -0.120. The minimum Gasteiger partial charge on any atom is -0.391 e. The number of carbonyl (C=O) groups excluding carboxylic acids is 1. The van der Waals surface area contributed by atoms with Gasteiger partial charge in [0.25, 0.3) is 0 Å². The fourth-order valence-electron chi connectivity index (χ4n) is 0.454. The topological polar surface area (TPSA) is 89.3 Å². The molecule has 0 bridgehead atoms. The van der Waals surface area contributed by atoms with E-state index >= 15 is 0 Å². The van der Waals surface area contributed by atoms with Gasteiger partial charge < -0.3 is 16.6 Å². The van der Waals surface area contributed by atoms with Crippen molar-refractivity contribution in [2.45, 2.75) is 31.9 Å². The molecule has 1 atom stereocenters. The van der Waals surface area contributed by atoms with Crippen LogP contribution >= 0.6 is 0 Å². The maximum atomic E-state index is 10.3. The second-order valence-electron chi connectivity index (χ2n) is 3.01. The fraction of sp³-hybridized carbons (Fsp3) is 0.833. The average Bonchev–Trinajstić information content (AvgIpc) is 1.60. The lowest BCUT2D eigenvalue weighted by Gasteiger charge is -2.24. The summed E-state index contributed by atoms with van der Waals surface area (Å²) in [7, 11) is 0. The number of rotatable bonds is 3. The van der Waals surface area contributed by atoms with E-state index in [1.807, 2.05) is 0 Å². The summed E-state index contributed by atoms with van der Waals surface area (Å²) in [6, 6.07) is 0. The van der Waals surface area contributed by atoms with E-state index in [-0.39, 0.29) is 6.42 Å². The zero-order valence-electron chi connectivity index (χ0n) is 6.29. The van der Waals surface area contributed by atoms with Gasteiger partial charge in [-0.1, -0.05) is 0 Å². The lowest BCUT2D eigenvalue weighted by atomic mass is 9.96. The molecule has 1 amide bonds. The van der Waals surface area contributed by atoms with Crippen molar-refractivity contribution in [1.29, 1.82) is 0 Å². The first-order chi connectivity index (χ1) is 4.34. The van der Waals surface area contributed by atoms with Crippen LogP contribution < -0.4 is 11.5 Å². The SMILES string of the molecule is CC(C)(N)[C@@H](O)CC(N)=O. The molecule has 0 aliphatic heterocycles. The zero-order valence-corrected chi connectivity index (χ0v) is 6.29. The van der Waals surface area contributed by atoms with Crippen LogP contribution in [0.5, 0.6) is 0 Å². The highest BCUT2D eigenvalue weighted by atomic mass is 16.3. The molecule has 0 saturated carbocycles. The van der Waals surface area contributed by atoms with Crippen molar-refractivity contribution in [3.63, 3.8) is 0 Å². The number of primary amides is 1. The maximum absolute atomic E-state index is 10.3. The van der Waals surface area contributed by atoms with Gasteiger partial charge in [0, 0.05) is 5.54 Å². The van der Waals surface area contributed by atoms with Gasteiger partial charge in [-0.25, -0.2) is 0 Å². The Hall–Kier alpha value is -0.610. The highest BCUT2D eigenvalue weighted by Crippen LogP contribution is 2.07. The number of aliphatic hydroxyl groups is 1. The molecule has 0 rings (SSSR count). The number of nitrogens with two attached hydrogens (primary N) is 2. The Balaban J connectivity index is 3.85. The molecule has 0 heterocycles. The Morgan fingerprint density at radius 1 is 1.70 bits per heavy atom. The van der Waals surface area contributed by atoms with E-state index in [9.17, 15) is 4.79 Å². The van der Waals surface area contributed by atoms with E-state index in [0.29, 0.717) is 0 Å². The third kappa shape index (κ3) is 3.42. The van der Waals surface area contributed by atoms with Gasteiger partial charge in [0.1, 0.15) is 0 Å². The lowest BCUT2D eigenvalue weighted by Crippen LogP contribution is -2.46. The van der Waals surface area contributed by atoms with E-state index in [1.54, 1.807) is 13.8 Å². The van der Waals surface area contributed by atoms with Crippen LogP contribution in [0.2, 0.25) is 0 Å². The van der Waals surface area contributed by atoms with E-state index in [4.69, 9.17) is 16.6 Å². The van der Waals surface area contributed by atoms with Crippen molar-refractivity contribution in [3.05, 3.63) is 0 Å². The van der Waals surface area contributed by atoms with Gasteiger partial charge in [0.05, 0.1) is 12.5 Å². The molecular weight excluding hydrogens is 132 g/mol. The summed E-state index contributed by atoms with van der Waals surface area (Å²) in [5, 5.41) is 9.13. The van der Waals surface area contributed by atoms with Gasteiger partial charge in [-0.2, -0.15) is 0 Å². The van der Waals surface area contributed by atoms with Crippen LogP contribution in [0.1, 0.15) is 20.3 Å². The summed E-state index contributed by atoms with van der Waals surface area (Å²) in [4.78, 5) is 10.3. The first-order valence-electron chi connectivity index (χ1n) is 3.09. The number of hydrogen-bond donors (Lipinski definition) is 3. The second-order valence-corrected chi connectivity index (χ2v) is 3.01. The van der Waals surface area contributed by atoms with Crippen LogP contribution in [-0.2, 0) is 4.79 Å². The molecule has 0 spiro atoms. The molecule has 60 valence electrons. The first-order valence-corrected chi connectivity index (χ1v) is 3.09. The van der Waals surface area contributed by atoms with Crippen molar-refractivity contribution in [1.82, 2.24) is 0 Å². The Kier molecular flexibility index (Phi) is 2.80. The number of carbonyl (C=O) groups is 1. The van der Waals surface area contributed by atoms with E-state index < -0.39 is 17.6 Å². The Bertz CT molecular complexity index is 128. The maximum Gasteiger partial charge on any atom is 0.220 e. The average molecular weight is 146 g/mol. The second kappa shape index (κ2) is 2.98. The van der Waals surface area contributed by atoms with Gasteiger partial charge in [0.2, 0.25) is 5.91 Å². The van der Waals surface area contributed by atoms with Gasteiger partial charge in [0.15, 0.2) is 0 Å². The summed E-state index contributed by atoms with van der Waals surface area (Å²) in [6.45, 7) is 3.28. The fourth-order valence-corrected chi connectivity index (χ4v) is 0.454. The van der Waals surface area contributed by atoms with E-state index in [1.165, 1.54) is 0 Å². The highest BCUT2D eigenvalue weighted by Gasteiger charge is 2.23. The molecule has 0 fully saturated rings. The van der Waals surface area contributed by atoms with E-state index in [2.05, 4.69) is 0 Å². The number of aliphatic hydroxyl groups excluding tert-OH is 1. The summed E-state index contributed by atoms with van der Waals surface area (Å²) in [6.07, 6.45) is -0.936. The van der Waals surface area contributed by atoms with Crippen LogP contribution in [0.15, 0.2) is 0 Å². The monoisotopic (exact) mass is 146 g/mol. The summed E-state index contributed by atoms with van der Waals surface area (Å²) in [5.41, 5.74) is 9.55. The van der Waals surface area contributed by atoms with Crippen molar-refractivity contribution in [2.24, 2.45) is 11.5 Å². The minimum atomic E-state index is -0.856. The zero-order chi connectivity index (χ0) is 8.36. The van der Waals surface area contributed by atoms with E-state index in [0.717, 1.165) is 0 Å². The molecule has 0 aliphatic carbocycles. The Morgan fingerprint density at radius 3 is 2.20 bits per heavy atom. The molecule has 5 N–H and O–H groups in total. The van der Waals surface area contributed by atoms with Crippen molar-refractivity contribution in [3.8, 4) is 0 Å². The van der Waals surface area contributed by atoms with Crippen LogP contribution in [0, 0.1) is 0 Å². The standard InChI is InChI=1S/C6H14N2O2/c1-6(2,8)4(9)3-5(7)10/h4,9H,3,8H2,1-2H3,(H2,7,10)/t4-/m0/s1. The largest absolute Gasteiger partial charge is 0.391 e. The Morgan fingerprint density at radius 2 is 2.10 bits per heavy atom. The van der Waals surface area contributed by atoms with Crippen molar-refractivity contribution in [2.75, 3.05) is 0 Å². The number of amides is 1. The van der Waals surface area contributed by atoms with Crippen LogP contribution in [0.25, 0.3) is 0 Å². The highest BCUT2D eigenvalue weighted by molar-refractivity contribution is 5.74. The molecular formula is C6H14N2O2. The minimum absolute atomic E-state index is 0.0799. The van der Waals surface area contributed by atoms with Crippen LogP contribution in [0.3, 0.4) is 0 Å². The molecule has 0 aromatic carbocycles. The van der Waals surface area contributed by atoms with Crippen LogP contribution in [-0.4, -0.2) is 22.7 Å². The third-order valence-electron chi connectivity index (χ3n) is 1.25. The third-order valence-corrected chi connectivity index (χ3v) is 1.25. The Labute approximate surface area is 60.2 Å². The molecule has 4 heteroatoms. The van der Waals surface area contributed by atoms with Crippen molar-refractivity contribution >= 4 is 5.91 Å². The molecule has 4 nitrogen and oxygen atoms in total. The summed E-state index contributed by atoms with van der Waals surface area (Å²) < 4.78 is 0. The smallest absolute Gasteiger partial charge is 0.220 e. The van der Waals surface area contributed by atoms with Gasteiger partial charge >= 0.3 is 0 Å². The van der Waals surface area contributed by atoms with Gasteiger partial charge in [-0.3, -0.25) is 4.79 Å². The number of hydrogen-bond acceptors (Lipinski definition) is 3. The molecule has 0 unspecified atom stereocenters. The van der Waals surface area contributed by atoms with Gasteiger partial charge in [-0.15, -0.1) is 0 Å². The van der Waals surface area contributed by atoms with Crippen molar-refractivity contribution < 1.29 is 9.90 Å². The predicted octanol–water partition coefficient (Wildman–Crippen LogP) is -1.04. The molecule has 0 aromatic rings. The van der Waals surface area contributed by atoms with Gasteiger partial charge in [-0.05, 0) is 13.8 Å². The van der Waals surface area contributed by atoms with Crippen LogP contribution in [0.4, 0.5) is 0 Å².